The second kappa shape index (κ2) is 9.47. The number of nitrogens with zero attached hydrogens (tertiary/aromatic N) is 2. The van der Waals surface area contributed by atoms with E-state index in [1.54, 1.807) is 38.1 Å². The van der Waals surface area contributed by atoms with Crippen LogP contribution in [-0.4, -0.2) is 37.1 Å². The van der Waals surface area contributed by atoms with Crippen LogP contribution in [0.1, 0.15) is 26.3 Å². The summed E-state index contributed by atoms with van der Waals surface area (Å²) in [4.78, 5) is 12.0. The molecule has 0 saturated carbocycles. The molecule has 0 unspecified atom stereocenters. The first kappa shape index (κ1) is 23.8. The molecular formula is C24H23N3O5S2. The van der Waals surface area contributed by atoms with Crippen LogP contribution in [0.3, 0.4) is 0 Å². The number of rotatable bonds is 7. The van der Waals surface area contributed by atoms with Gasteiger partial charge in [0, 0.05) is 5.56 Å². The van der Waals surface area contributed by atoms with Gasteiger partial charge in [0.1, 0.15) is 10.6 Å². The van der Waals surface area contributed by atoms with Crippen molar-refractivity contribution in [1.82, 2.24) is 5.32 Å². The number of benzene rings is 3. The fraction of sp³-hybridized carbons (Fsp3) is 0.208. The maximum absolute atomic E-state index is 13.0. The Labute approximate surface area is 202 Å². The fourth-order valence-electron chi connectivity index (χ4n) is 3.26. The minimum atomic E-state index is -4.11. The summed E-state index contributed by atoms with van der Waals surface area (Å²) in [7, 11) is -4.11. The first-order valence-corrected chi connectivity index (χ1v) is 12.7. The standard InChI is InChI=1S/C24H23N3O5S2/c1-4-31-17-10-12-18(13-11-17)34(29,30)32-21-14-9-16-7-5-6-8-19(16)20(21)15-25-27-23-26-22(28)24(2,3)33-23/h5-15H,4H2,1-3H3,(H,26,27,28)/b25-15+. The van der Waals surface area contributed by atoms with Gasteiger partial charge in [-0.3, -0.25) is 4.79 Å². The summed E-state index contributed by atoms with van der Waals surface area (Å²) in [5.41, 5.74) is 0.450. The van der Waals surface area contributed by atoms with Crippen molar-refractivity contribution in [2.75, 3.05) is 6.61 Å². The molecule has 176 valence electrons. The van der Waals surface area contributed by atoms with E-state index in [-0.39, 0.29) is 16.6 Å². The Balaban J connectivity index is 1.68. The van der Waals surface area contributed by atoms with E-state index >= 15 is 0 Å². The summed E-state index contributed by atoms with van der Waals surface area (Å²) in [5.74, 6) is 0.529. The molecule has 1 amide bonds. The van der Waals surface area contributed by atoms with Gasteiger partial charge in [0.25, 0.3) is 0 Å². The average molecular weight is 498 g/mol. The number of hydrogen-bond acceptors (Lipinski definition) is 8. The van der Waals surface area contributed by atoms with E-state index in [9.17, 15) is 13.2 Å². The smallest absolute Gasteiger partial charge is 0.339 e. The SMILES string of the molecule is CCOc1ccc(S(=O)(=O)Oc2ccc3ccccc3c2/C=N/N=C2\NC(=O)C(C)(C)S2)cc1. The zero-order chi connectivity index (χ0) is 24.3. The van der Waals surface area contributed by atoms with E-state index in [1.807, 2.05) is 31.2 Å². The quantitative estimate of drug-likeness (QED) is 0.296. The van der Waals surface area contributed by atoms with Crippen molar-refractivity contribution in [3.63, 3.8) is 0 Å². The Kier molecular flexibility index (Phi) is 6.63. The number of carbonyl (C=O) groups is 1. The molecule has 8 nitrogen and oxygen atoms in total. The molecule has 4 rings (SSSR count). The number of thioether (sulfide) groups is 1. The lowest BCUT2D eigenvalue weighted by atomic mass is 10.0. The Morgan fingerprint density at radius 3 is 2.47 bits per heavy atom. The number of nitrogens with one attached hydrogen (secondary N) is 1. The zero-order valence-electron chi connectivity index (χ0n) is 18.8. The maximum Gasteiger partial charge on any atom is 0.339 e. The van der Waals surface area contributed by atoms with Crippen molar-refractivity contribution in [1.29, 1.82) is 0 Å². The first-order chi connectivity index (χ1) is 16.2. The molecule has 1 N–H and O–H groups in total. The molecule has 0 radical (unpaired) electrons. The largest absolute Gasteiger partial charge is 0.494 e. The van der Waals surface area contributed by atoms with Crippen molar-refractivity contribution in [3.05, 3.63) is 66.2 Å². The molecule has 1 aliphatic heterocycles. The average Bonchev–Trinajstić information content (AvgIpc) is 3.06. The number of amidine groups is 1. The van der Waals surface area contributed by atoms with Crippen LogP contribution < -0.4 is 14.2 Å². The number of amides is 1. The lowest BCUT2D eigenvalue weighted by Crippen LogP contribution is -2.30. The maximum atomic E-state index is 13.0. The number of ether oxygens (including phenoxy) is 1. The highest BCUT2D eigenvalue weighted by Crippen LogP contribution is 2.32. The Morgan fingerprint density at radius 2 is 1.79 bits per heavy atom. The van der Waals surface area contributed by atoms with Gasteiger partial charge < -0.3 is 14.2 Å². The molecule has 0 aliphatic carbocycles. The van der Waals surface area contributed by atoms with Crippen molar-refractivity contribution >= 4 is 49.9 Å². The second-order valence-electron chi connectivity index (χ2n) is 7.86. The summed E-state index contributed by atoms with van der Waals surface area (Å²) >= 11 is 1.27. The predicted octanol–water partition coefficient (Wildman–Crippen LogP) is 4.34. The fourth-order valence-corrected chi connectivity index (χ4v) is 5.07. The van der Waals surface area contributed by atoms with Gasteiger partial charge in [-0.25, -0.2) is 0 Å². The number of fused-ring (bicyclic) bond motifs is 1. The molecule has 0 aromatic heterocycles. The van der Waals surface area contributed by atoms with Crippen molar-refractivity contribution in [2.45, 2.75) is 30.4 Å². The zero-order valence-corrected chi connectivity index (χ0v) is 20.4. The molecule has 1 aliphatic rings. The van der Waals surface area contributed by atoms with Gasteiger partial charge in [-0.2, -0.15) is 13.5 Å². The second-order valence-corrected chi connectivity index (χ2v) is 11.0. The van der Waals surface area contributed by atoms with Crippen molar-refractivity contribution in [2.24, 2.45) is 10.2 Å². The summed E-state index contributed by atoms with van der Waals surface area (Å²) in [6.07, 6.45) is 1.43. The van der Waals surface area contributed by atoms with Crippen molar-refractivity contribution in [3.8, 4) is 11.5 Å². The third-order valence-corrected chi connectivity index (χ3v) is 7.33. The van der Waals surface area contributed by atoms with Gasteiger partial charge >= 0.3 is 10.1 Å². The van der Waals surface area contributed by atoms with Gasteiger partial charge in [0.15, 0.2) is 10.9 Å². The van der Waals surface area contributed by atoms with Crippen LogP contribution in [0.5, 0.6) is 11.5 Å². The molecule has 1 saturated heterocycles. The predicted molar refractivity (Wildman–Crippen MR) is 134 cm³/mol. The van der Waals surface area contributed by atoms with E-state index in [1.165, 1.54) is 30.1 Å². The molecule has 0 atom stereocenters. The third kappa shape index (κ3) is 5.07. The van der Waals surface area contributed by atoms with Gasteiger partial charge in [0.2, 0.25) is 5.91 Å². The third-order valence-electron chi connectivity index (χ3n) is 5.01. The van der Waals surface area contributed by atoms with E-state index in [0.717, 1.165) is 10.8 Å². The molecule has 3 aromatic rings. The Morgan fingerprint density at radius 1 is 1.06 bits per heavy atom. The molecule has 0 spiro atoms. The van der Waals surface area contributed by atoms with E-state index in [2.05, 4.69) is 15.5 Å². The van der Waals surface area contributed by atoms with Crippen LogP contribution in [-0.2, 0) is 14.9 Å². The highest BCUT2D eigenvalue weighted by atomic mass is 32.2. The Bertz CT molecular complexity index is 1400. The monoisotopic (exact) mass is 497 g/mol. The molecule has 3 aromatic carbocycles. The topological polar surface area (TPSA) is 106 Å². The van der Waals surface area contributed by atoms with E-state index in [0.29, 0.717) is 23.1 Å². The summed E-state index contributed by atoms with van der Waals surface area (Å²) in [6, 6.07) is 16.8. The summed E-state index contributed by atoms with van der Waals surface area (Å²) in [6.45, 7) is 5.91. The van der Waals surface area contributed by atoms with Gasteiger partial charge in [-0.1, -0.05) is 42.1 Å². The van der Waals surface area contributed by atoms with Crippen LogP contribution in [0.4, 0.5) is 0 Å². The molecule has 1 fully saturated rings. The lowest BCUT2D eigenvalue weighted by Gasteiger charge is -2.12. The van der Waals surface area contributed by atoms with Crippen LogP contribution in [0.15, 0.2) is 75.8 Å². The van der Waals surface area contributed by atoms with Crippen molar-refractivity contribution < 1.29 is 22.1 Å². The van der Waals surface area contributed by atoms with E-state index < -0.39 is 14.9 Å². The number of carbonyl (C=O) groups excluding carboxylic acids is 1. The summed E-state index contributed by atoms with van der Waals surface area (Å²) in [5, 5.41) is 12.9. The minimum Gasteiger partial charge on any atom is -0.494 e. The molecule has 34 heavy (non-hydrogen) atoms. The highest BCUT2D eigenvalue weighted by Gasteiger charge is 2.38. The van der Waals surface area contributed by atoms with Gasteiger partial charge in [-0.15, -0.1) is 5.10 Å². The van der Waals surface area contributed by atoms with Crippen LogP contribution in [0.2, 0.25) is 0 Å². The van der Waals surface area contributed by atoms with E-state index in [4.69, 9.17) is 8.92 Å². The molecule has 0 bridgehead atoms. The van der Waals surface area contributed by atoms with Crippen LogP contribution in [0.25, 0.3) is 10.8 Å². The Hall–Kier alpha value is -3.37. The first-order valence-electron chi connectivity index (χ1n) is 10.5. The minimum absolute atomic E-state index is 0.000423. The lowest BCUT2D eigenvalue weighted by molar-refractivity contribution is -0.120. The van der Waals surface area contributed by atoms with Crippen LogP contribution in [0, 0.1) is 0 Å². The van der Waals surface area contributed by atoms with Crippen LogP contribution >= 0.6 is 11.8 Å². The molecular weight excluding hydrogens is 474 g/mol. The van der Waals surface area contributed by atoms with Gasteiger partial charge in [-0.05, 0) is 61.9 Å². The molecule has 1 heterocycles. The normalized spacial score (nSPS) is 16.8. The highest BCUT2D eigenvalue weighted by molar-refractivity contribution is 8.16. The molecule has 10 heteroatoms. The summed E-state index contributed by atoms with van der Waals surface area (Å²) < 4.78 is 36.2. The van der Waals surface area contributed by atoms with Gasteiger partial charge in [0.05, 0.1) is 17.6 Å². The number of hydrogen-bond donors (Lipinski definition) is 1.